The molecular weight excluding hydrogens is 466 g/mol. The van der Waals surface area contributed by atoms with E-state index in [0.717, 1.165) is 22.3 Å². The maximum atomic E-state index is 14.6. The SMILES string of the molecule is Cc1ccc(-c2nnn[nH]2)c(Oc2nc(Oc3cccc(-c4cccc(CN)c4)c3)c(F)cc2F)c1. The summed E-state index contributed by atoms with van der Waals surface area (Å²) in [5, 5.41) is 13.6. The second-order valence-electron chi connectivity index (χ2n) is 7.95. The predicted molar refractivity (Wildman–Crippen MR) is 128 cm³/mol. The van der Waals surface area contributed by atoms with Gasteiger partial charge in [0.15, 0.2) is 17.5 Å². The molecule has 2 aromatic heterocycles. The van der Waals surface area contributed by atoms with E-state index in [2.05, 4.69) is 25.6 Å². The van der Waals surface area contributed by atoms with E-state index in [1.165, 1.54) is 0 Å². The van der Waals surface area contributed by atoms with Gasteiger partial charge in [-0.15, -0.1) is 5.10 Å². The summed E-state index contributed by atoms with van der Waals surface area (Å²) in [5.41, 5.74) is 9.80. The monoisotopic (exact) mass is 486 g/mol. The van der Waals surface area contributed by atoms with Crippen molar-refractivity contribution in [1.29, 1.82) is 0 Å². The van der Waals surface area contributed by atoms with Gasteiger partial charge in [0.2, 0.25) is 0 Å². The Balaban J connectivity index is 1.46. The van der Waals surface area contributed by atoms with Gasteiger partial charge in [-0.05, 0) is 69.9 Å². The van der Waals surface area contributed by atoms with Crippen LogP contribution in [0.2, 0.25) is 0 Å². The molecule has 0 aliphatic carbocycles. The molecule has 0 saturated carbocycles. The zero-order valence-electron chi connectivity index (χ0n) is 19.1. The van der Waals surface area contributed by atoms with Crippen molar-refractivity contribution in [3.8, 4) is 45.8 Å². The molecule has 3 N–H and O–H groups in total. The van der Waals surface area contributed by atoms with Crippen molar-refractivity contribution in [3.63, 3.8) is 0 Å². The number of tetrazole rings is 1. The van der Waals surface area contributed by atoms with E-state index in [1.807, 2.05) is 43.3 Å². The minimum Gasteiger partial charge on any atom is -0.436 e. The number of pyridine rings is 1. The molecular formula is C26H20F2N6O2. The molecule has 36 heavy (non-hydrogen) atoms. The Kier molecular flexibility index (Phi) is 6.33. The van der Waals surface area contributed by atoms with Crippen LogP contribution in [0, 0.1) is 18.6 Å². The van der Waals surface area contributed by atoms with E-state index in [4.69, 9.17) is 15.2 Å². The molecule has 0 aliphatic heterocycles. The Labute approximate surface area is 204 Å². The van der Waals surface area contributed by atoms with Gasteiger partial charge in [-0.2, -0.15) is 4.98 Å². The van der Waals surface area contributed by atoms with Gasteiger partial charge in [0.05, 0.1) is 5.56 Å². The van der Waals surface area contributed by atoms with Crippen LogP contribution in [-0.4, -0.2) is 25.6 Å². The van der Waals surface area contributed by atoms with Crippen molar-refractivity contribution in [2.45, 2.75) is 13.5 Å². The summed E-state index contributed by atoms with van der Waals surface area (Å²) in [4.78, 5) is 3.97. The molecule has 0 fully saturated rings. The first-order chi connectivity index (χ1) is 17.5. The standard InChI is InChI=1S/C26H20F2N6O2/c1-15-8-9-20(24-31-33-34-32-24)23(10-15)36-26-22(28)13-21(27)25(30-26)35-19-7-3-6-18(12-19)17-5-2-4-16(11-17)14-29/h2-13H,14,29H2,1H3,(H,31,32,33,34). The fraction of sp³-hybridized carbons (Fsp3) is 0.0769. The van der Waals surface area contributed by atoms with E-state index in [9.17, 15) is 8.78 Å². The van der Waals surface area contributed by atoms with Crippen LogP contribution in [0.5, 0.6) is 23.3 Å². The van der Waals surface area contributed by atoms with Crippen molar-refractivity contribution in [1.82, 2.24) is 25.6 Å². The molecule has 0 spiro atoms. The van der Waals surface area contributed by atoms with E-state index in [0.29, 0.717) is 29.7 Å². The molecule has 2 heterocycles. The number of aromatic amines is 1. The molecule has 10 heteroatoms. The number of benzene rings is 3. The van der Waals surface area contributed by atoms with Gasteiger partial charge in [-0.1, -0.05) is 36.4 Å². The smallest absolute Gasteiger partial charge is 0.259 e. The van der Waals surface area contributed by atoms with Crippen molar-refractivity contribution >= 4 is 0 Å². The summed E-state index contributed by atoms with van der Waals surface area (Å²) in [6.07, 6.45) is 0. The molecule has 180 valence electrons. The van der Waals surface area contributed by atoms with E-state index >= 15 is 0 Å². The predicted octanol–water partition coefficient (Wildman–Crippen LogP) is 5.56. The van der Waals surface area contributed by atoms with Crippen LogP contribution in [0.3, 0.4) is 0 Å². The molecule has 0 unspecified atom stereocenters. The van der Waals surface area contributed by atoms with Crippen molar-refractivity contribution in [3.05, 3.63) is 95.6 Å². The van der Waals surface area contributed by atoms with Gasteiger partial charge in [0.25, 0.3) is 11.8 Å². The lowest BCUT2D eigenvalue weighted by molar-refractivity contribution is 0.377. The largest absolute Gasteiger partial charge is 0.436 e. The summed E-state index contributed by atoms with van der Waals surface area (Å²) < 4.78 is 40.7. The first-order valence-corrected chi connectivity index (χ1v) is 11.0. The lowest BCUT2D eigenvalue weighted by Gasteiger charge is -2.13. The number of rotatable bonds is 7. The fourth-order valence-corrected chi connectivity index (χ4v) is 3.59. The van der Waals surface area contributed by atoms with Gasteiger partial charge in [0.1, 0.15) is 11.5 Å². The Morgan fingerprint density at radius 3 is 2.36 bits per heavy atom. The van der Waals surface area contributed by atoms with Gasteiger partial charge in [-0.3, -0.25) is 0 Å². The van der Waals surface area contributed by atoms with Crippen LogP contribution >= 0.6 is 0 Å². The molecule has 0 radical (unpaired) electrons. The quantitative estimate of drug-likeness (QED) is 0.310. The molecule has 5 aromatic rings. The van der Waals surface area contributed by atoms with Crippen molar-refractivity contribution in [2.75, 3.05) is 0 Å². The van der Waals surface area contributed by atoms with Crippen LogP contribution in [0.4, 0.5) is 8.78 Å². The second kappa shape index (κ2) is 9.88. The fourth-order valence-electron chi connectivity index (χ4n) is 3.59. The van der Waals surface area contributed by atoms with Crippen LogP contribution in [0.25, 0.3) is 22.5 Å². The molecule has 8 nitrogen and oxygen atoms in total. The number of halogens is 2. The van der Waals surface area contributed by atoms with Gasteiger partial charge in [-0.25, -0.2) is 13.9 Å². The molecule has 0 amide bonds. The van der Waals surface area contributed by atoms with Crippen LogP contribution < -0.4 is 15.2 Å². The maximum Gasteiger partial charge on any atom is 0.259 e. The Morgan fingerprint density at radius 1 is 0.861 bits per heavy atom. The molecule has 0 saturated heterocycles. The number of nitrogens with zero attached hydrogens (tertiary/aromatic N) is 4. The first-order valence-electron chi connectivity index (χ1n) is 11.0. The third-order valence-electron chi connectivity index (χ3n) is 5.35. The Morgan fingerprint density at radius 2 is 1.61 bits per heavy atom. The average molecular weight is 486 g/mol. The zero-order valence-corrected chi connectivity index (χ0v) is 19.1. The average Bonchev–Trinajstić information content (AvgIpc) is 3.42. The highest BCUT2D eigenvalue weighted by atomic mass is 19.1. The highest BCUT2D eigenvalue weighted by molar-refractivity contribution is 5.66. The summed E-state index contributed by atoms with van der Waals surface area (Å²) >= 11 is 0. The highest BCUT2D eigenvalue weighted by Crippen LogP contribution is 2.35. The maximum absolute atomic E-state index is 14.6. The van der Waals surface area contributed by atoms with E-state index in [-0.39, 0.29) is 5.75 Å². The van der Waals surface area contributed by atoms with Crippen LogP contribution in [0.15, 0.2) is 72.8 Å². The van der Waals surface area contributed by atoms with Gasteiger partial charge < -0.3 is 15.2 Å². The number of hydrogen-bond acceptors (Lipinski definition) is 7. The summed E-state index contributed by atoms with van der Waals surface area (Å²) in [5.74, 6) is -1.99. The third-order valence-corrected chi connectivity index (χ3v) is 5.35. The number of ether oxygens (including phenoxy) is 2. The Bertz CT molecular complexity index is 1530. The van der Waals surface area contributed by atoms with Gasteiger partial charge in [0, 0.05) is 12.6 Å². The van der Waals surface area contributed by atoms with Crippen molar-refractivity contribution in [2.24, 2.45) is 5.73 Å². The topological polar surface area (TPSA) is 112 Å². The zero-order chi connectivity index (χ0) is 25.1. The van der Waals surface area contributed by atoms with Crippen molar-refractivity contribution < 1.29 is 18.3 Å². The third kappa shape index (κ3) is 4.89. The van der Waals surface area contributed by atoms with E-state index in [1.54, 1.807) is 30.3 Å². The summed E-state index contributed by atoms with van der Waals surface area (Å²) in [6, 6.07) is 20.7. The molecule has 0 aliphatic rings. The number of aromatic nitrogens is 5. The molecule has 3 aromatic carbocycles. The number of H-pyrrole nitrogens is 1. The highest BCUT2D eigenvalue weighted by Gasteiger charge is 2.19. The lowest BCUT2D eigenvalue weighted by atomic mass is 10.0. The number of hydrogen-bond donors (Lipinski definition) is 2. The van der Waals surface area contributed by atoms with E-state index < -0.39 is 23.4 Å². The molecule has 0 bridgehead atoms. The second-order valence-corrected chi connectivity index (χ2v) is 7.95. The minimum atomic E-state index is -0.990. The lowest BCUT2D eigenvalue weighted by Crippen LogP contribution is -2.00. The number of nitrogens with two attached hydrogens (primary N) is 1. The van der Waals surface area contributed by atoms with Crippen LogP contribution in [0.1, 0.15) is 11.1 Å². The molecule has 5 rings (SSSR count). The minimum absolute atomic E-state index is 0.235. The number of nitrogens with one attached hydrogen (secondary N) is 1. The normalized spacial score (nSPS) is 10.9. The first kappa shape index (κ1) is 23.1. The molecule has 0 atom stereocenters. The summed E-state index contributed by atoms with van der Waals surface area (Å²) in [7, 11) is 0. The van der Waals surface area contributed by atoms with Crippen LogP contribution in [-0.2, 0) is 6.54 Å². The number of aryl methyl sites for hydroxylation is 1. The Hall–Kier alpha value is -4.70. The summed E-state index contributed by atoms with van der Waals surface area (Å²) in [6.45, 7) is 2.25. The van der Waals surface area contributed by atoms with Gasteiger partial charge >= 0.3 is 0 Å².